The van der Waals surface area contributed by atoms with Gasteiger partial charge in [0.2, 0.25) is 11.8 Å². The van der Waals surface area contributed by atoms with Gasteiger partial charge in [0.15, 0.2) is 0 Å². The number of carbonyl (C=O) groups excluding carboxylic acids is 2. The number of rotatable bonds is 5. The molecule has 0 atom stereocenters. The van der Waals surface area contributed by atoms with Crippen LogP contribution in [0.4, 0.5) is 0 Å². The number of aryl methyl sites for hydroxylation is 1. The lowest BCUT2D eigenvalue weighted by Gasteiger charge is -2.01. The highest BCUT2D eigenvalue weighted by atomic mass is 16.5. The zero-order chi connectivity index (χ0) is 12.7. The van der Waals surface area contributed by atoms with E-state index >= 15 is 0 Å². The van der Waals surface area contributed by atoms with Gasteiger partial charge in [0, 0.05) is 12.5 Å². The van der Waals surface area contributed by atoms with E-state index in [2.05, 4.69) is 0 Å². The SMILES string of the molecule is NC(=O)/C=C/c1ccc(CCC(=O)NO)cc1. The third-order valence-corrected chi connectivity index (χ3v) is 2.19. The van der Waals surface area contributed by atoms with Crippen LogP contribution in [0, 0.1) is 0 Å². The van der Waals surface area contributed by atoms with Gasteiger partial charge in [0.25, 0.3) is 0 Å². The van der Waals surface area contributed by atoms with Gasteiger partial charge in [-0.15, -0.1) is 0 Å². The maximum absolute atomic E-state index is 10.8. The van der Waals surface area contributed by atoms with Crippen molar-refractivity contribution in [3.8, 4) is 0 Å². The van der Waals surface area contributed by atoms with Gasteiger partial charge in [0.1, 0.15) is 0 Å². The summed E-state index contributed by atoms with van der Waals surface area (Å²) in [5.41, 5.74) is 8.39. The average molecular weight is 234 g/mol. The summed E-state index contributed by atoms with van der Waals surface area (Å²) in [6, 6.07) is 7.36. The molecule has 5 nitrogen and oxygen atoms in total. The molecule has 0 bridgehead atoms. The summed E-state index contributed by atoms with van der Waals surface area (Å²) in [5.74, 6) is -0.906. The molecule has 1 aromatic carbocycles. The van der Waals surface area contributed by atoms with Gasteiger partial charge in [0.05, 0.1) is 0 Å². The fourth-order valence-electron chi connectivity index (χ4n) is 1.29. The Labute approximate surface area is 98.9 Å². The first-order valence-electron chi connectivity index (χ1n) is 5.11. The molecule has 0 aliphatic heterocycles. The van der Waals surface area contributed by atoms with Gasteiger partial charge in [-0.2, -0.15) is 0 Å². The molecule has 17 heavy (non-hydrogen) atoms. The molecule has 0 saturated heterocycles. The van der Waals surface area contributed by atoms with Gasteiger partial charge < -0.3 is 5.73 Å². The normalized spacial score (nSPS) is 10.4. The molecule has 1 aromatic rings. The molecule has 2 amide bonds. The van der Waals surface area contributed by atoms with Crippen molar-refractivity contribution in [1.29, 1.82) is 0 Å². The minimum absolute atomic E-state index is 0.229. The van der Waals surface area contributed by atoms with E-state index in [-0.39, 0.29) is 6.42 Å². The van der Waals surface area contributed by atoms with Crippen molar-refractivity contribution < 1.29 is 14.8 Å². The third-order valence-electron chi connectivity index (χ3n) is 2.19. The van der Waals surface area contributed by atoms with Gasteiger partial charge in [-0.1, -0.05) is 24.3 Å². The Hall–Kier alpha value is -2.14. The summed E-state index contributed by atoms with van der Waals surface area (Å²) >= 11 is 0. The maximum Gasteiger partial charge on any atom is 0.243 e. The summed E-state index contributed by atoms with van der Waals surface area (Å²) in [4.78, 5) is 21.3. The van der Waals surface area contributed by atoms with Crippen LogP contribution in [-0.2, 0) is 16.0 Å². The topological polar surface area (TPSA) is 92.4 Å². The molecule has 5 heteroatoms. The van der Waals surface area contributed by atoms with Crippen LogP contribution in [-0.4, -0.2) is 17.0 Å². The second kappa shape index (κ2) is 6.44. The van der Waals surface area contributed by atoms with Gasteiger partial charge >= 0.3 is 0 Å². The Morgan fingerprint density at radius 1 is 1.29 bits per heavy atom. The minimum Gasteiger partial charge on any atom is -0.366 e. The van der Waals surface area contributed by atoms with Crippen molar-refractivity contribution in [3.63, 3.8) is 0 Å². The predicted octanol–water partition coefficient (Wildman–Crippen LogP) is 0.623. The predicted molar refractivity (Wildman–Crippen MR) is 62.9 cm³/mol. The summed E-state index contributed by atoms with van der Waals surface area (Å²) in [5, 5.41) is 8.33. The highest BCUT2D eigenvalue weighted by Crippen LogP contribution is 2.08. The van der Waals surface area contributed by atoms with Crippen LogP contribution in [0.15, 0.2) is 30.3 Å². The number of nitrogens with one attached hydrogen (secondary N) is 1. The maximum atomic E-state index is 10.8. The van der Waals surface area contributed by atoms with Crippen LogP contribution in [0.5, 0.6) is 0 Å². The first kappa shape index (κ1) is 12.9. The molecule has 0 aliphatic carbocycles. The zero-order valence-corrected chi connectivity index (χ0v) is 9.22. The smallest absolute Gasteiger partial charge is 0.243 e. The van der Waals surface area contributed by atoms with Gasteiger partial charge in [-0.25, -0.2) is 5.48 Å². The number of carbonyl (C=O) groups is 2. The van der Waals surface area contributed by atoms with E-state index in [1.165, 1.54) is 6.08 Å². The lowest BCUT2D eigenvalue weighted by molar-refractivity contribution is -0.129. The number of hydrogen-bond acceptors (Lipinski definition) is 3. The lowest BCUT2D eigenvalue weighted by atomic mass is 10.1. The Balaban J connectivity index is 2.56. The van der Waals surface area contributed by atoms with Crippen molar-refractivity contribution in [2.75, 3.05) is 0 Å². The van der Waals surface area contributed by atoms with Crippen LogP contribution in [0.1, 0.15) is 17.5 Å². The molecule has 90 valence electrons. The number of nitrogens with two attached hydrogens (primary N) is 1. The number of hydroxylamine groups is 1. The standard InChI is InChI=1S/C12H14N2O3/c13-11(15)7-5-9-1-3-10(4-2-9)6-8-12(16)14-17/h1-5,7,17H,6,8H2,(H2,13,15)(H,14,16)/b7-5+. The van der Waals surface area contributed by atoms with E-state index in [1.807, 2.05) is 24.3 Å². The van der Waals surface area contributed by atoms with Crippen LogP contribution in [0.25, 0.3) is 6.08 Å². The van der Waals surface area contributed by atoms with E-state index < -0.39 is 11.8 Å². The van der Waals surface area contributed by atoms with E-state index in [0.717, 1.165) is 11.1 Å². The van der Waals surface area contributed by atoms with Crippen molar-refractivity contribution in [1.82, 2.24) is 5.48 Å². The molecule has 0 radical (unpaired) electrons. The highest BCUT2D eigenvalue weighted by Gasteiger charge is 2.00. The molecule has 0 fully saturated rings. The molecule has 0 spiro atoms. The van der Waals surface area contributed by atoms with Gasteiger partial charge in [-0.3, -0.25) is 14.8 Å². The largest absolute Gasteiger partial charge is 0.366 e. The van der Waals surface area contributed by atoms with E-state index in [0.29, 0.717) is 6.42 Å². The van der Waals surface area contributed by atoms with Crippen LogP contribution in [0.3, 0.4) is 0 Å². The molecule has 0 aromatic heterocycles. The highest BCUT2D eigenvalue weighted by molar-refractivity contribution is 5.90. The quantitative estimate of drug-likeness (QED) is 0.396. The molecule has 0 saturated carbocycles. The summed E-state index contributed by atoms with van der Waals surface area (Å²) in [6.07, 6.45) is 3.68. The Morgan fingerprint density at radius 2 is 1.94 bits per heavy atom. The molecular weight excluding hydrogens is 220 g/mol. The first-order valence-corrected chi connectivity index (χ1v) is 5.11. The summed E-state index contributed by atoms with van der Waals surface area (Å²) in [6.45, 7) is 0. The van der Waals surface area contributed by atoms with Crippen LogP contribution >= 0.6 is 0 Å². The minimum atomic E-state index is -0.492. The monoisotopic (exact) mass is 234 g/mol. The van der Waals surface area contributed by atoms with Crippen LogP contribution in [0.2, 0.25) is 0 Å². The number of primary amides is 1. The Kier molecular flexibility index (Phi) is 4.90. The van der Waals surface area contributed by atoms with Crippen molar-refractivity contribution in [2.24, 2.45) is 5.73 Å². The molecule has 0 heterocycles. The molecular formula is C12H14N2O3. The fraction of sp³-hybridized carbons (Fsp3) is 0.167. The third kappa shape index (κ3) is 4.94. The first-order chi connectivity index (χ1) is 8.11. The molecule has 1 rings (SSSR count). The number of benzene rings is 1. The van der Waals surface area contributed by atoms with Crippen molar-refractivity contribution in [2.45, 2.75) is 12.8 Å². The second-order valence-electron chi connectivity index (χ2n) is 3.51. The fourth-order valence-corrected chi connectivity index (χ4v) is 1.29. The van der Waals surface area contributed by atoms with E-state index in [1.54, 1.807) is 11.6 Å². The molecule has 4 N–H and O–H groups in total. The number of hydrogen-bond donors (Lipinski definition) is 3. The average Bonchev–Trinajstić information content (AvgIpc) is 2.34. The Morgan fingerprint density at radius 3 is 2.47 bits per heavy atom. The van der Waals surface area contributed by atoms with E-state index in [9.17, 15) is 9.59 Å². The summed E-state index contributed by atoms with van der Waals surface area (Å²) in [7, 11) is 0. The summed E-state index contributed by atoms with van der Waals surface area (Å²) < 4.78 is 0. The second-order valence-corrected chi connectivity index (χ2v) is 3.51. The van der Waals surface area contributed by atoms with Crippen LogP contribution < -0.4 is 11.2 Å². The molecule has 0 aliphatic rings. The van der Waals surface area contributed by atoms with Crippen molar-refractivity contribution in [3.05, 3.63) is 41.5 Å². The lowest BCUT2D eigenvalue weighted by Crippen LogP contribution is -2.18. The van der Waals surface area contributed by atoms with Gasteiger partial charge in [-0.05, 0) is 23.6 Å². The zero-order valence-electron chi connectivity index (χ0n) is 9.22. The Bertz CT molecular complexity index is 424. The van der Waals surface area contributed by atoms with Crippen molar-refractivity contribution >= 4 is 17.9 Å². The number of amides is 2. The molecule has 0 unspecified atom stereocenters. The van der Waals surface area contributed by atoms with E-state index in [4.69, 9.17) is 10.9 Å².